The van der Waals surface area contributed by atoms with Gasteiger partial charge in [0.2, 0.25) is 0 Å². The maximum Gasteiger partial charge on any atom is 0.432 e. The van der Waals surface area contributed by atoms with Crippen molar-refractivity contribution in [2.45, 2.75) is 12.7 Å². The van der Waals surface area contributed by atoms with Crippen molar-refractivity contribution in [3.05, 3.63) is 94.8 Å². The number of hydrogen-bond donors (Lipinski definition) is 3. The van der Waals surface area contributed by atoms with Crippen molar-refractivity contribution in [2.75, 3.05) is 5.32 Å². The van der Waals surface area contributed by atoms with Crippen LogP contribution in [0.5, 0.6) is 0 Å². The number of hydrogen-bond acceptors (Lipinski definition) is 3. The zero-order valence-electron chi connectivity index (χ0n) is 17.0. The summed E-state index contributed by atoms with van der Waals surface area (Å²) in [4.78, 5) is 12.4. The molecule has 0 bridgehead atoms. The summed E-state index contributed by atoms with van der Waals surface area (Å²) in [6, 6.07) is 16.4. The lowest BCUT2D eigenvalue weighted by molar-refractivity contribution is -0.0583. The second kappa shape index (κ2) is 9.74. The molecule has 0 spiro atoms. The molecule has 0 aliphatic rings. The Morgan fingerprint density at radius 2 is 1.72 bits per heavy atom. The minimum atomic E-state index is -4.80. The van der Waals surface area contributed by atoms with Crippen molar-refractivity contribution >= 4 is 34.6 Å². The third-order valence-corrected chi connectivity index (χ3v) is 5.01. The first-order chi connectivity index (χ1) is 15.1. The molecule has 166 valence electrons. The third-order valence-electron chi connectivity index (χ3n) is 4.68. The second-order valence-corrected chi connectivity index (χ2v) is 7.35. The zero-order valence-corrected chi connectivity index (χ0v) is 17.8. The van der Waals surface area contributed by atoms with Gasteiger partial charge < -0.3 is 15.2 Å². The van der Waals surface area contributed by atoms with E-state index in [-0.39, 0.29) is 11.6 Å². The van der Waals surface area contributed by atoms with Gasteiger partial charge in [-0.15, -0.1) is 0 Å². The molecule has 0 aliphatic heterocycles. The average Bonchev–Trinajstić information content (AvgIpc) is 3.17. The Labute approximate surface area is 188 Å². The van der Waals surface area contributed by atoms with E-state index in [2.05, 4.69) is 10.6 Å². The average molecular weight is 461 g/mol. The molecular formula is C23H20ClF3N4O. The van der Waals surface area contributed by atoms with Crippen molar-refractivity contribution in [3.8, 4) is 0 Å². The fourth-order valence-corrected chi connectivity index (χ4v) is 3.06. The van der Waals surface area contributed by atoms with E-state index < -0.39 is 11.9 Å². The lowest BCUT2D eigenvalue weighted by atomic mass is 10.1. The van der Waals surface area contributed by atoms with Gasteiger partial charge in [0.05, 0.1) is 17.3 Å². The van der Waals surface area contributed by atoms with Crippen LogP contribution in [0.4, 0.5) is 18.9 Å². The first-order valence-electron chi connectivity index (χ1n) is 9.53. The highest BCUT2D eigenvalue weighted by molar-refractivity contribution is 6.33. The predicted molar refractivity (Wildman–Crippen MR) is 120 cm³/mol. The number of aryl methyl sites for hydroxylation is 1. The Bertz CT molecular complexity index is 1150. The van der Waals surface area contributed by atoms with Crippen LogP contribution in [0, 0.1) is 5.41 Å². The van der Waals surface area contributed by atoms with E-state index in [1.165, 1.54) is 24.3 Å². The van der Waals surface area contributed by atoms with E-state index in [4.69, 9.17) is 17.0 Å². The van der Waals surface area contributed by atoms with E-state index in [9.17, 15) is 18.0 Å². The van der Waals surface area contributed by atoms with Crippen LogP contribution < -0.4 is 10.6 Å². The quantitative estimate of drug-likeness (QED) is 0.399. The number of halogens is 4. The highest BCUT2D eigenvalue weighted by atomic mass is 35.5. The molecule has 2 aromatic carbocycles. The van der Waals surface area contributed by atoms with E-state index in [0.29, 0.717) is 34.5 Å². The normalized spacial score (nSPS) is 11.8. The number of allylic oxidation sites excluding steroid dienone is 1. The van der Waals surface area contributed by atoms with Crippen molar-refractivity contribution in [3.63, 3.8) is 0 Å². The summed E-state index contributed by atoms with van der Waals surface area (Å²) in [5, 5.41) is 13.3. The fourth-order valence-electron chi connectivity index (χ4n) is 2.88. The summed E-state index contributed by atoms with van der Waals surface area (Å²) in [6.07, 6.45) is -2.24. The number of carbonyl (C=O) groups excluding carboxylic acids is 1. The van der Waals surface area contributed by atoms with Crippen LogP contribution in [0.15, 0.2) is 72.9 Å². The van der Waals surface area contributed by atoms with Crippen LogP contribution in [0.3, 0.4) is 0 Å². The van der Waals surface area contributed by atoms with Crippen molar-refractivity contribution < 1.29 is 18.0 Å². The smallest absolute Gasteiger partial charge is 0.354 e. The van der Waals surface area contributed by atoms with Crippen LogP contribution in [0.1, 0.15) is 21.6 Å². The Morgan fingerprint density at radius 1 is 1.06 bits per heavy atom. The summed E-state index contributed by atoms with van der Waals surface area (Å²) in [6.45, 7) is 0.339. The molecule has 0 saturated heterocycles. The highest BCUT2D eigenvalue weighted by Crippen LogP contribution is 2.27. The molecule has 3 rings (SSSR count). The first-order valence-corrected chi connectivity index (χ1v) is 9.91. The van der Waals surface area contributed by atoms with Gasteiger partial charge in [0.15, 0.2) is 0 Å². The zero-order chi connectivity index (χ0) is 23.3. The summed E-state index contributed by atoms with van der Waals surface area (Å²) in [5.74, 6) is -0.314. The van der Waals surface area contributed by atoms with E-state index in [0.717, 1.165) is 5.69 Å². The molecule has 1 heterocycles. The molecule has 0 aliphatic carbocycles. The van der Waals surface area contributed by atoms with Gasteiger partial charge in [0, 0.05) is 30.2 Å². The van der Waals surface area contributed by atoms with Gasteiger partial charge in [-0.2, -0.15) is 13.2 Å². The SMILES string of the molecule is Cn1cccc1CNC(=O)c1ccc(/C(=C/C(=N)C(F)(F)F)Nc2ccccc2Cl)cc1. The van der Waals surface area contributed by atoms with Crippen LogP contribution in [0.25, 0.3) is 5.70 Å². The van der Waals surface area contributed by atoms with Crippen molar-refractivity contribution in [1.29, 1.82) is 5.41 Å². The van der Waals surface area contributed by atoms with Crippen LogP contribution in [-0.2, 0) is 13.6 Å². The Kier molecular flexibility index (Phi) is 7.05. The number of para-hydroxylation sites is 1. The monoisotopic (exact) mass is 460 g/mol. The first kappa shape index (κ1) is 23.1. The number of alkyl halides is 3. The standard InChI is InChI=1S/C23H20ClF3N4O/c1-31-12-4-5-17(31)14-29-22(32)16-10-8-15(9-11-16)20(13-21(28)23(25,26)27)30-19-7-3-2-6-18(19)24/h2-13,28,30H,14H2,1H3,(H,29,32)/b20-13-,28-21?. The molecule has 0 radical (unpaired) electrons. The highest BCUT2D eigenvalue weighted by Gasteiger charge is 2.33. The van der Waals surface area contributed by atoms with Gasteiger partial charge in [-0.1, -0.05) is 35.9 Å². The molecule has 3 N–H and O–H groups in total. The molecule has 1 amide bonds. The Balaban J connectivity index is 1.82. The molecule has 9 heteroatoms. The summed E-state index contributed by atoms with van der Waals surface area (Å²) >= 11 is 6.12. The van der Waals surface area contributed by atoms with E-state index >= 15 is 0 Å². The molecule has 3 aromatic rings. The fraction of sp³-hybridized carbons (Fsp3) is 0.130. The molecule has 0 saturated carbocycles. The molecule has 0 atom stereocenters. The minimum Gasteiger partial charge on any atom is -0.354 e. The van der Waals surface area contributed by atoms with Gasteiger partial charge in [0.1, 0.15) is 5.71 Å². The van der Waals surface area contributed by atoms with Crippen LogP contribution in [-0.4, -0.2) is 22.4 Å². The summed E-state index contributed by atoms with van der Waals surface area (Å²) in [5.41, 5.74) is 0.533. The van der Waals surface area contributed by atoms with Gasteiger partial charge in [-0.05, 0) is 48.0 Å². The topological polar surface area (TPSA) is 69.9 Å². The lowest BCUT2D eigenvalue weighted by Gasteiger charge is -2.15. The number of benzene rings is 2. The van der Waals surface area contributed by atoms with Gasteiger partial charge in [0.25, 0.3) is 5.91 Å². The van der Waals surface area contributed by atoms with Crippen molar-refractivity contribution in [2.24, 2.45) is 7.05 Å². The molecule has 0 unspecified atom stereocenters. The number of rotatable bonds is 7. The van der Waals surface area contributed by atoms with Gasteiger partial charge in [-0.25, -0.2) is 0 Å². The number of nitrogens with zero attached hydrogens (tertiary/aromatic N) is 1. The predicted octanol–water partition coefficient (Wildman–Crippen LogP) is 5.64. The molecule has 0 fully saturated rings. The molecule has 1 aromatic heterocycles. The number of nitrogens with one attached hydrogen (secondary N) is 3. The van der Waals surface area contributed by atoms with E-state index in [1.54, 1.807) is 24.3 Å². The van der Waals surface area contributed by atoms with Gasteiger partial charge in [-0.3, -0.25) is 10.2 Å². The maximum atomic E-state index is 13.0. The number of amides is 1. The molecular weight excluding hydrogens is 441 g/mol. The Hall–Kier alpha value is -3.52. The number of aromatic nitrogens is 1. The second-order valence-electron chi connectivity index (χ2n) is 6.94. The van der Waals surface area contributed by atoms with Crippen LogP contribution >= 0.6 is 11.6 Å². The maximum absolute atomic E-state index is 13.0. The largest absolute Gasteiger partial charge is 0.432 e. The number of carbonyl (C=O) groups is 1. The van der Waals surface area contributed by atoms with Crippen molar-refractivity contribution in [1.82, 2.24) is 9.88 Å². The van der Waals surface area contributed by atoms with Gasteiger partial charge >= 0.3 is 6.18 Å². The Morgan fingerprint density at radius 3 is 2.31 bits per heavy atom. The third kappa shape index (κ3) is 5.79. The summed E-state index contributed by atoms with van der Waals surface area (Å²) in [7, 11) is 1.87. The number of anilines is 1. The minimum absolute atomic E-state index is 0.0243. The molecule has 5 nitrogen and oxygen atoms in total. The molecule has 32 heavy (non-hydrogen) atoms. The van der Waals surface area contributed by atoms with Crippen LogP contribution in [0.2, 0.25) is 5.02 Å². The van der Waals surface area contributed by atoms with E-state index in [1.807, 2.05) is 29.9 Å². The summed E-state index contributed by atoms with van der Waals surface area (Å²) < 4.78 is 40.8. The lowest BCUT2D eigenvalue weighted by Crippen LogP contribution is -2.23.